The van der Waals surface area contributed by atoms with Crippen molar-refractivity contribution in [2.45, 2.75) is 38.0 Å². The van der Waals surface area contributed by atoms with Gasteiger partial charge in [-0.2, -0.15) is 0 Å². The first-order valence-corrected chi connectivity index (χ1v) is 8.81. The van der Waals surface area contributed by atoms with Crippen LogP contribution >= 0.6 is 0 Å². The molecule has 1 aliphatic rings. The molecule has 0 aromatic heterocycles. The van der Waals surface area contributed by atoms with Crippen molar-refractivity contribution in [3.63, 3.8) is 0 Å². The third kappa shape index (κ3) is 4.00. The van der Waals surface area contributed by atoms with E-state index in [2.05, 4.69) is 0 Å². The standard InChI is InChI=1S/C20H25NO4/c1-2-9-21(17-12-25-13-18(22)20(17)24)19(23)11-14-7-8-15-5-3-4-6-16(15)10-14/h3-8,10,17-18,20,22,24H,2,9,11-13H2,1H3/t17-,18-,20+/m1/s1. The molecule has 0 saturated carbocycles. The smallest absolute Gasteiger partial charge is 0.227 e. The molecule has 1 fully saturated rings. The predicted octanol–water partition coefficient (Wildman–Crippen LogP) is 1.74. The molecule has 0 unspecified atom stereocenters. The third-order valence-electron chi connectivity index (χ3n) is 4.72. The largest absolute Gasteiger partial charge is 0.388 e. The fraction of sp³-hybridized carbons (Fsp3) is 0.450. The number of nitrogens with zero attached hydrogens (tertiary/aromatic N) is 1. The minimum Gasteiger partial charge on any atom is -0.388 e. The first kappa shape index (κ1) is 17.9. The molecule has 0 aliphatic carbocycles. The Labute approximate surface area is 147 Å². The van der Waals surface area contributed by atoms with E-state index in [9.17, 15) is 15.0 Å². The van der Waals surface area contributed by atoms with Crippen LogP contribution in [-0.4, -0.2) is 59.0 Å². The Kier molecular flexibility index (Phi) is 5.68. The van der Waals surface area contributed by atoms with Gasteiger partial charge in [0.2, 0.25) is 5.91 Å². The summed E-state index contributed by atoms with van der Waals surface area (Å²) in [5, 5.41) is 22.4. The van der Waals surface area contributed by atoms with E-state index in [4.69, 9.17) is 4.74 Å². The molecule has 1 heterocycles. The minimum absolute atomic E-state index is 0.0566. The molecule has 134 valence electrons. The highest BCUT2D eigenvalue weighted by Gasteiger charge is 2.37. The topological polar surface area (TPSA) is 70.0 Å². The van der Waals surface area contributed by atoms with Crippen LogP contribution in [0.25, 0.3) is 10.8 Å². The highest BCUT2D eigenvalue weighted by molar-refractivity contribution is 5.85. The summed E-state index contributed by atoms with van der Waals surface area (Å²) in [6.45, 7) is 2.88. The van der Waals surface area contributed by atoms with Crippen LogP contribution in [0.15, 0.2) is 42.5 Å². The summed E-state index contributed by atoms with van der Waals surface area (Å²) in [6, 6.07) is 13.6. The van der Waals surface area contributed by atoms with E-state index in [0.717, 1.165) is 22.8 Å². The second-order valence-corrected chi connectivity index (χ2v) is 6.61. The monoisotopic (exact) mass is 343 g/mol. The lowest BCUT2D eigenvalue weighted by molar-refractivity contribution is -0.155. The number of hydrogen-bond acceptors (Lipinski definition) is 4. The van der Waals surface area contributed by atoms with Crippen LogP contribution in [0, 0.1) is 0 Å². The molecule has 0 bridgehead atoms. The SMILES string of the molecule is CCCN(C(=O)Cc1ccc2ccccc2c1)[C@@H]1COC[C@@H](O)[C@H]1O. The number of benzene rings is 2. The Hall–Kier alpha value is -1.95. The second kappa shape index (κ2) is 7.95. The van der Waals surface area contributed by atoms with Crippen molar-refractivity contribution in [2.75, 3.05) is 19.8 Å². The molecule has 25 heavy (non-hydrogen) atoms. The number of ether oxygens (including phenoxy) is 1. The zero-order valence-corrected chi connectivity index (χ0v) is 14.5. The predicted molar refractivity (Wildman–Crippen MR) is 96.3 cm³/mol. The molecule has 1 aliphatic heterocycles. The van der Waals surface area contributed by atoms with E-state index in [0.29, 0.717) is 6.54 Å². The van der Waals surface area contributed by atoms with Gasteiger partial charge in [0.25, 0.3) is 0 Å². The Morgan fingerprint density at radius 2 is 1.92 bits per heavy atom. The van der Waals surface area contributed by atoms with Crippen molar-refractivity contribution in [2.24, 2.45) is 0 Å². The van der Waals surface area contributed by atoms with Crippen molar-refractivity contribution in [1.82, 2.24) is 4.90 Å². The Bertz CT molecular complexity index is 732. The van der Waals surface area contributed by atoms with E-state index < -0.39 is 18.2 Å². The van der Waals surface area contributed by atoms with Gasteiger partial charge in [0.1, 0.15) is 12.2 Å². The summed E-state index contributed by atoms with van der Waals surface area (Å²) in [5.41, 5.74) is 0.941. The van der Waals surface area contributed by atoms with Gasteiger partial charge in [-0.05, 0) is 22.8 Å². The Morgan fingerprint density at radius 1 is 1.16 bits per heavy atom. The molecular formula is C20H25NO4. The minimum atomic E-state index is -0.971. The fourth-order valence-corrected chi connectivity index (χ4v) is 3.38. The highest BCUT2D eigenvalue weighted by Crippen LogP contribution is 2.19. The number of carbonyl (C=O) groups is 1. The number of amides is 1. The zero-order valence-electron chi connectivity index (χ0n) is 14.5. The Morgan fingerprint density at radius 3 is 2.68 bits per heavy atom. The Balaban J connectivity index is 1.77. The van der Waals surface area contributed by atoms with Crippen molar-refractivity contribution < 1.29 is 19.7 Å². The molecule has 0 spiro atoms. The summed E-state index contributed by atoms with van der Waals surface area (Å²) >= 11 is 0. The van der Waals surface area contributed by atoms with Gasteiger partial charge in [-0.15, -0.1) is 0 Å². The quantitative estimate of drug-likeness (QED) is 0.868. The number of fused-ring (bicyclic) bond motifs is 1. The van der Waals surface area contributed by atoms with Crippen molar-refractivity contribution in [3.05, 3.63) is 48.0 Å². The van der Waals surface area contributed by atoms with Gasteiger partial charge >= 0.3 is 0 Å². The van der Waals surface area contributed by atoms with E-state index >= 15 is 0 Å². The maximum Gasteiger partial charge on any atom is 0.227 e. The van der Waals surface area contributed by atoms with Gasteiger partial charge in [-0.3, -0.25) is 4.79 Å². The molecule has 5 nitrogen and oxygen atoms in total. The number of aliphatic hydroxyl groups is 2. The van der Waals surface area contributed by atoms with Crippen LogP contribution in [0.1, 0.15) is 18.9 Å². The molecule has 5 heteroatoms. The second-order valence-electron chi connectivity index (χ2n) is 6.61. The van der Waals surface area contributed by atoms with Crippen LogP contribution in [0.4, 0.5) is 0 Å². The molecule has 1 saturated heterocycles. The van der Waals surface area contributed by atoms with Crippen molar-refractivity contribution >= 4 is 16.7 Å². The van der Waals surface area contributed by atoms with E-state index in [1.54, 1.807) is 4.90 Å². The number of aliphatic hydroxyl groups excluding tert-OH is 2. The maximum atomic E-state index is 12.9. The van der Waals surface area contributed by atoms with E-state index in [-0.39, 0.29) is 25.5 Å². The molecule has 2 N–H and O–H groups in total. The van der Waals surface area contributed by atoms with Crippen LogP contribution in [0.2, 0.25) is 0 Å². The highest BCUT2D eigenvalue weighted by atomic mass is 16.5. The molecule has 2 aromatic rings. The number of carbonyl (C=O) groups excluding carboxylic acids is 1. The van der Waals surface area contributed by atoms with Crippen LogP contribution in [0.3, 0.4) is 0 Å². The normalized spacial score (nSPS) is 23.6. The lowest BCUT2D eigenvalue weighted by Crippen LogP contribution is -2.58. The van der Waals surface area contributed by atoms with Gasteiger partial charge in [0.15, 0.2) is 0 Å². The maximum absolute atomic E-state index is 12.9. The van der Waals surface area contributed by atoms with Gasteiger partial charge in [0, 0.05) is 6.54 Å². The number of rotatable bonds is 5. The molecule has 3 atom stereocenters. The molecular weight excluding hydrogens is 318 g/mol. The third-order valence-corrected chi connectivity index (χ3v) is 4.72. The summed E-state index contributed by atoms with van der Waals surface area (Å²) in [5.74, 6) is -0.0566. The van der Waals surface area contributed by atoms with E-state index in [1.165, 1.54) is 0 Å². The summed E-state index contributed by atoms with van der Waals surface area (Å²) in [4.78, 5) is 14.5. The number of hydrogen-bond donors (Lipinski definition) is 2. The molecule has 2 aromatic carbocycles. The van der Waals surface area contributed by atoms with Crippen LogP contribution < -0.4 is 0 Å². The van der Waals surface area contributed by atoms with E-state index in [1.807, 2.05) is 49.4 Å². The van der Waals surface area contributed by atoms with Crippen LogP contribution in [0.5, 0.6) is 0 Å². The van der Waals surface area contributed by atoms with Gasteiger partial charge < -0.3 is 19.8 Å². The average molecular weight is 343 g/mol. The first-order valence-electron chi connectivity index (χ1n) is 8.81. The van der Waals surface area contributed by atoms with Crippen molar-refractivity contribution in [3.8, 4) is 0 Å². The average Bonchev–Trinajstić information content (AvgIpc) is 2.62. The summed E-state index contributed by atoms with van der Waals surface area (Å²) in [6.07, 6.45) is -0.875. The van der Waals surface area contributed by atoms with Gasteiger partial charge in [0.05, 0.1) is 25.7 Å². The first-order chi connectivity index (χ1) is 12.1. The van der Waals surface area contributed by atoms with Gasteiger partial charge in [-0.25, -0.2) is 0 Å². The zero-order chi connectivity index (χ0) is 17.8. The van der Waals surface area contributed by atoms with Crippen LogP contribution in [-0.2, 0) is 16.0 Å². The fourth-order valence-electron chi connectivity index (χ4n) is 3.38. The molecule has 3 rings (SSSR count). The van der Waals surface area contributed by atoms with Crippen molar-refractivity contribution in [1.29, 1.82) is 0 Å². The molecule has 0 radical (unpaired) electrons. The summed E-state index contributed by atoms with van der Waals surface area (Å²) < 4.78 is 5.35. The molecule has 1 amide bonds. The summed E-state index contributed by atoms with van der Waals surface area (Å²) in [7, 11) is 0. The lowest BCUT2D eigenvalue weighted by atomic mass is 10.00. The van der Waals surface area contributed by atoms with Gasteiger partial charge in [-0.1, -0.05) is 49.4 Å². The lowest BCUT2D eigenvalue weighted by Gasteiger charge is -2.39.